The first kappa shape index (κ1) is 14.7. The number of fused-ring (bicyclic) bond motifs is 1. The molecule has 3 rings (SSSR count). The van der Waals surface area contributed by atoms with Gasteiger partial charge in [-0.25, -0.2) is 0 Å². The number of benzene rings is 3. The molecule has 0 fully saturated rings. The first-order valence-electron chi connectivity index (χ1n) is 6.52. The lowest BCUT2D eigenvalue weighted by Crippen LogP contribution is -2.12. The van der Waals surface area contributed by atoms with Crippen LogP contribution in [0, 0.1) is 0 Å². The minimum absolute atomic E-state index is 0.0793. The fraction of sp³-hybridized carbons (Fsp3) is 0. The first-order valence-corrected chi connectivity index (χ1v) is 7.28. The lowest BCUT2D eigenvalue weighted by Gasteiger charge is -2.09. The van der Waals surface area contributed by atoms with Crippen LogP contribution in [0.25, 0.3) is 10.8 Å². The Morgan fingerprint density at radius 1 is 0.909 bits per heavy atom. The Hall–Kier alpha value is -2.23. The van der Waals surface area contributed by atoms with Gasteiger partial charge in [-0.15, -0.1) is 0 Å². The number of phenols is 1. The average Bonchev–Trinajstić information content (AvgIpc) is 2.45. The van der Waals surface area contributed by atoms with Crippen molar-refractivity contribution < 1.29 is 9.90 Å². The molecule has 5 heteroatoms. The Labute approximate surface area is 137 Å². The molecule has 0 atom stereocenters. The summed E-state index contributed by atoms with van der Waals surface area (Å²) in [6.45, 7) is 0. The third-order valence-electron chi connectivity index (χ3n) is 3.23. The maximum atomic E-state index is 12.3. The molecule has 2 N–H and O–H groups in total. The fourth-order valence-corrected chi connectivity index (χ4v) is 2.76. The van der Waals surface area contributed by atoms with Crippen molar-refractivity contribution in [2.24, 2.45) is 0 Å². The molecule has 3 aromatic rings. The molecule has 0 aliphatic heterocycles. The number of hydrogen-bond donors (Lipinski definition) is 2. The molecule has 0 aromatic heterocycles. The average molecular weight is 332 g/mol. The quantitative estimate of drug-likeness (QED) is 0.685. The van der Waals surface area contributed by atoms with Crippen LogP contribution in [-0.2, 0) is 0 Å². The molecule has 3 nitrogen and oxygen atoms in total. The van der Waals surface area contributed by atoms with Crippen molar-refractivity contribution in [3.05, 3.63) is 70.2 Å². The summed E-state index contributed by atoms with van der Waals surface area (Å²) in [5.74, 6) is -0.508. The standard InChI is InChI=1S/C17H11Cl2NO2/c18-12-7-13(19)9-14(8-12)20-17(22)15-5-10-3-1-2-4-11(10)6-16(15)21/h1-9,21H,(H,20,22). The van der Waals surface area contributed by atoms with Crippen molar-refractivity contribution in [2.45, 2.75) is 0 Å². The van der Waals surface area contributed by atoms with Crippen LogP contribution in [0.1, 0.15) is 10.4 Å². The van der Waals surface area contributed by atoms with Gasteiger partial charge in [0.25, 0.3) is 5.91 Å². The summed E-state index contributed by atoms with van der Waals surface area (Å²) in [7, 11) is 0. The van der Waals surface area contributed by atoms with E-state index in [0.717, 1.165) is 10.8 Å². The summed E-state index contributed by atoms with van der Waals surface area (Å²) in [5.41, 5.74) is 0.657. The monoisotopic (exact) mass is 331 g/mol. The molecule has 0 aliphatic rings. The number of hydrogen-bond acceptors (Lipinski definition) is 2. The molecular formula is C17H11Cl2NO2. The van der Waals surface area contributed by atoms with E-state index < -0.39 is 5.91 Å². The number of rotatable bonds is 2. The predicted octanol–water partition coefficient (Wildman–Crippen LogP) is 5.10. The highest BCUT2D eigenvalue weighted by Crippen LogP contribution is 2.27. The zero-order chi connectivity index (χ0) is 15.7. The molecular weight excluding hydrogens is 321 g/mol. The van der Waals surface area contributed by atoms with Crippen LogP contribution in [-0.4, -0.2) is 11.0 Å². The Morgan fingerprint density at radius 2 is 1.50 bits per heavy atom. The molecule has 0 saturated carbocycles. The van der Waals surface area contributed by atoms with Crippen molar-refractivity contribution in [1.82, 2.24) is 0 Å². The summed E-state index contributed by atoms with van der Waals surface area (Å²) in [6, 6.07) is 15.4. The van der Waals surface area contributed by atoms with Gasteiger partial charge in [-0.05, 0) is 41.1 Å². The largest absolute Gasteiger partial charge is 0.507 e. The summed E-state index contributed by atoms with van der Waals surface area (Å²) >= 11 is 11.8. The second-order valence-electron chi connectivity index (χ2n) is 4.83. The summed E-state index contributed by atoms with van der Waals surface area (Å²) in [5, 5.41) is 15.3. The van der Waals surface area contributed by atoms with E-state index in [0.29, 0.717) is 15.7 Å². The van der Waals surface area contributed by atoms with Crippen molar-refractivity contribution in [2.75, 3.05) is 5.32 Å². The van der Waals surface area contributed by atoms with Gasteiger partial charge in [-0.3, -0.25) is 4.79 Å². The van der Waals surface area contributed by atoms with E-state index in [1.165, 1.54) is 0 Å². The third-order valence-corrected chi connectivity index (χ3v) is 3.67. The van der Waals surface area contributed by atoms with Gasteiger partial charge in [0.2, 0.25) is 0 Å². The summed E-state index contributed by atoms with van der Waals surface area (Å²) in [4.78, 5) is 12.3. The number of aromatic hydroxyl groups is 1. The van der Waals surface area contributed by atoms with Crippen LogP contribution in [0.2, 0.25) is 10.0 Å². The van der Waals surface area contributed by atoms with Crippen LogP contribution in [0.3, 0.4) is 0 Å². The van der Waals surface area contributed by atoms with E-state index in [1.54, 1.807) is 30.3 Å². The zero-order valence-corrected chi connectivity index (χ0v) is 12.8. The van der Waals surface area contributed by atoms with E-state index in [2.05, 4.69) is 5.32 Å². The highest BCUT2D eigenvalue weighted by atomic mass is 35.5. The zero-order valence-electron chi connectivity index (χ0n) is 11.3. The van der Waals surface area contributed by atoms with Crippen molar-refractivity contribution >= 4 is 45.6 Å². The van der Waals surface area contributed by atoms with Gasteiger partial charge < -0.3 is 10.4 Å². The Morgan fingerprint density at radius 3 is 2.14 bits per heavy atom. The van der Waals surface area contributed by atoms with Gasteiger partial charge in [0.15, 0.2) is 0 Å². The Kier molecular flexibility index (Phi) is 3.92. The van der Waals surface area contributed by atoms with Gasteiger partial charge in [-0.2, -0.15) is 0 Å². The molecule has 1 amide bonds. The molecule has 110 valence electrons. The van der Waals surface area contributed by atoms with Crippen LogP contribution >= 0.6 is 23.2 Å². The van der Waals surface area contributed by atoms with E-state index in [-0.39, 0.29) is 11.3 Å². The van der Waals surface area contributed by atoms with Crippen molar-refractivity contribution in [3.8, 4) is 5.75 Å². The van der Waals surface area contributed by atoms with E-state index >= 15 is 0 Å². The molecule has 3 aromatic carbocycles. The Balaban J connectivity index is 1.96. The molecule has 0 heterocycles. The van der Waals surface area contributed by atoms with Crippen LogP contribution in [0.5, 0.6) is 5.75 Å². The molecule has 0 aliphatic carbocycles. The van der Waals surface area contributed by atoms with E-state index in [9.17, 15) is 9.90 Å². The van der Waals surface area contributed by atoms with Gasteiger partial charge >= 0.3 is 0 Å². The SMILES string of the molecule is O=C(Nc1cc(Cl)cc(Cl)c1)c1cc2ccccc2cc1O. The van der Waals surface area contributed by atoms with Crippen LogP contribution < -0.4 is 5.32 Å². The predicted molar refractivity (Wildman–Crippen MR) is 90.0 cm³/mol. The van der Waals surface area contributed by atoms with E-state index in [4.69, 9.17) is 23.2 Å². The number of anilines is 1. The second kappa shape index (κ2) is 5.87. The minimum atomic E-state index is -0.429. The molecule has 0 radical (unpaired) electrons. The molecule has 0 unspecified atom stereocenters. The molecule has 0 bridgehead atoms. The highest BCUT2D eigenvalue weighted by molar-refractivity contribution is 6.35. The van der Waals surface area contributed by atoms with Gasteiger partial charge in [0.05, 0.1) is 5.56 Å². The van der Waals surface area contributed by atoms with E-state index in [1.807, 2.05) is 24.3 Å². The van der Waals surface area contributed by atoms with Crippen LogP contribution in [0.4, 0.5) is 5.69 Å². The fourth-order valence-electron chi connectivity index (χ4n) is 2.23. The molecule has 0 spiro atoms. The van der Waals surface area contributed by atoms with Crippen molar-refractivity contribution in [3.63, 3.8) is 0 Å². The number of carbonyl (C=O) groups excluding carboxylic acids is 1. The third kappa shape index (κ3) is 3.01. The minimum Gasteiger partial charge on any atom is -0.507 e. The summed E-state index contributed by atoms with van der Waals surface area (Å²) < 4.78 is 0. The second-order valence-corrected chi connectivity index (χ2v) is 5.70. The number of phenolic OH excluding ortho intramolecular Hbond substituents is 1. The summed E-state index contributed by atoms with van der Waals surface area (Å²) in [6.07, 6.45) is 0. The highest BCUT2D eigenvalue weighted by Gasteiger charge is 2.13. The lowest BCUT2D eigenvalue weighted by atomic mass is 10.1. The van der Waals surface area contributed by atoms with Gasteiger partial charge in [0, 0.05) is 15.7 Å². The normalized spacial score (nSPS) is 10.6. The number of carbonyl (C=O) groups is 1. The molecule has 0 saturated heterocycles. The Bertz CT molecular complexity index is 857. The number of halogens is 2. The number of amides is 1. The van der Waals surface area contributed by atoms with Gasteiger partial charge in [-0.1, -0.05) is 47.5 Å². The molecule has 22 heavy (non-hydrogen) atoms. The van der Waals surface area contributed by atoms with Crippen molar-refractivity contribution in [1.29, 1.82) is 0 Å². The number of nitrogens with one attached hydrogen (secondary N) is 1. The first-order chi connectivity index (χ1) is 10.5. The smallest absolute Gasteiger partial charge is 0.259 e. The topological polar surface area (TPSA) is 49.3 Å². The maximum absolute atomic E-state index is 12.3. The van der Waals surface area contributed by atoms with Crippen LogP contribution in [0.15, 0.2) is 54.6 Å². The lowest BCUT2D eigenvalue weighted by molar-refractivity contribution is 0.102. The van der Waals surface area contributed by atoms with Gasteiger partial charge in [0.1, 0.15) is 5.75 Å². The maximum Gasteiger partial charge on any atom is 0.259 e.